The molecule has 3 aromatic rings. The summed E-state index contributed by atoms with van der Waals surface area (Å²) in [6.07, 6.45) is 1.25. The smallest absolute Gasteiger partial charge is 0.311 e. The normalized spacial score (nSPS) is 10.7. The fourth-order valence-electron chi connectivity index (χ4n) is 2.68. The predicted octanol–water partition coefficient (Wildman–Crippen LogP) is 4.43. The number of nitrogens with zero attached hydrogens (tertiary/aromatic N) is 2. The molecule has 0 unspecified atom stereocenters. The van der Waals surface area contributed by atoms with E-state index in [1.807, 2.05) is 30.3 Å². The molecule has 1 amide bonds. The van der Waals surface area contributed by atoms with Gasteiger partial charge in [0.1, 0.15) is 24.0 Å². The van der Waals surface area contributed by atoms with Crippen LogP contribution in [0.15, 0.2) is 78.4 Å². The maximum Gasteiger partial charge on any atom is 0.311 e. The number of rotatable bonds is 7. The first-order valence-electron chi connectivity index (χ1n) is 9.13. The molecule has 3 rings (SSSR count). The molecule has 8 nitrogen and oxygen atoms in total. The van der Waals surface area contributed by atoms with Gasteiger partial charge in [-0.1, -0.05) is 36.4 Å². The summed E-state index contributed by atoms with van der Waals surface area (Å²) in [6, 6.07) is 21.0. The van der Waals surface area contributed by atoms with Gasteiger partial charge >= 0.3 is 5.69 Å². The lowest BCUT2D eigenvalue weighted by Gasteiger charge is -2.08. The summed E-state index contributed by atoms with van der Waals surface area (Å²) in [5, 5.41) is 32.7. The zero-order valence-electron chi connectivity index (χ0n) is 16.2. The van der Waals surface area contributed by atoms with Gasteiger partial charge in [-0.05, 0) is 47.5 Å². The molecule has 8 heteroatoms. The van der Waals surface area contributed by atoms with Gasteiger partial charge in [-0.15, -0.1) is 0 Å². The van der Waals surface area contributed by atoms with E-state index in [2.05, 4.69) is 5.32 Å². The van der Waals surface area contributed by atoms with Crippen LogP contribution in [0, 0.1) is 21.4 Å². The molecule has 0 saturated heterocycles. The van der Waals surface area contributed by atoms with Crippen molar-refractivity contribution in [3.63, 3.8) is 0 Å². The zero-order valence-corrected chi connectivity index (χ0v) is 16.2. The number of carbonyl (C=O) groups excluding carboxylic acids is 1. The minimum atomic E-state index is -0.680. The molecule has 0 fully saturated rings. The monoisotopic (exact) mass is 415 g/mol. The van der Waals surface area contributed by atoms with Gasteiger partial charge in [0, 0.05) is 11.8 Å². The Balaban J connectivity index is 1.80. The van der Waals surface area contributed by atoms with E-state index in [9.17, 15) is 25.3 Å². The molecule has 0 radical (unpaired) electrons. The van der Waals surface area contributed by atoms with E-state index in [-0.39, 0.29) is 29.4 Å². The van der Waals surface area contributed by atoms with Crippen molar-refractivity contribution >= 4 is 23.4 Å². The lowest BCUT2D eigenvalue weighted by molar-refractivity contribution is -0.386. The van der Waals surface area contributed by atoms with Gasteiger partial charge < -0.3 is 15.2 Å². The zero-order chi connectivity index (χ0) is 22.2. The Hall–Kier alpha value is -4.64. The molecule has 31 heavy (non-hydrogen) atoms. The largest absolute Gasteiger partial charge is 0.508 e. The maximum absolute atomic E-state index is 12.4. The highest BCUT2D eigenvalue weighted by molar-refractivity contribution is 6.09. The van der Waals surface area contributed by atoms with E-state index < -0.39 is 10.8 Å². The van der Waals surface area contributed by atoms with E-state index in [1.54, 1.807) is 6.07 Å². The molecule has 0 aliphatic heterocycles. The summed E-state index contributed by atoms with van der Waals surface area (Å²) in [5.74, 6) is -0.561. The highest BCUT2D eigenvalue weighted by Crippen LogP contribution is 2.29. The van der Waals surface area contributed by atoms with Gasteiger partial charge in [0.05, 0.1) is 4.92 Å². The number of hydrogen-bond donors (Lipinski definition) is 2. The molecule has 0 spiro atoms. The molecule has 154 valence electrons. The van der Waals surface area contributed by atoms with Gasteiger partial charge in [0.15, 0.2) is 5.75 Å². The first kappa shape index (κ1) is 21.1. The van der Waals surface area contributed by atoms with Crippen molar-refractivity contribution in [2.24, 2.45) is 0 Å². The molecule has 0 bridgehead atoms. The Morgan fingerprint density at radius 2 is 1.84 bits per heavy atom. The number of phenolic OH excluding ortho intramolecular Hbond substituents is 1. The number of anilines is 1. The van der Waals surface area contributed by atoms with Crippen molar-refractivity contribution in [2.45, 2.75) is 6.61 Å². The summed E-state index contributed by atoms with van der Waals surface area (Å²) in [6.45, 7) is 0.162. The average molecular weight is 415 g/mol. The number of benzene rings is 3. The molecule has 0 heterocycles. The number of nitro groups is 1. The molecule has 0 aliphatic carbocycles. The summed E-state index contributed by atoms with van der Waals surface area (Å²) in [4.78, 5) is 23.3. The standard InChI is InChI=1S/C23H17N3O5/c24-14-18(23(28)25-19-7-9-20(27)10-8-19)12-17-6-11-22(21(13-17)26(29)30)31-15-16-4-2-1-3-5-16/h1-13,27H,15H2,(H,25,28). The van der Waals surface area contributed by atoms with Crippen LogP contribution in [0.5, 0.6) is 11.5 Å². The van der Waals surface area contributed by atoms with Crippen LogP contribution < -0.4 is 10.1 Å². The van der Waals surface area contributed by atoms with Crippen LogP contribution in [0.2, 0.25) is 0 Å². The summed E-state index contributed by atoms with van der Waals surface area (Å²) in [7, 11) is 0. The highest BCUT2D eigenvalue weighted by Gasteiger charge is 2.17. The second kappa shape index (κ2) is 9.71. The van der Waals surface area contributed by atoms with E-state index in [4.69, 9.17) is 4.74 Å². The van der Waals surface area contributed by atoms with Gasteiger partial charge in [-0.3, -0.25) is 14.9 Å². The number of phenols is 1. The van der Waals surface area contributed by atoms with Crippen molar-refractivity contribution in [3.8, 4) is 17.6 Å². The summed E-state index contributed by atoms with van der Waals surface area (Å²) >= 11 is 0. The average Bonchev–Trinajstić information content (AvgIpc) is 2.78. The number of nitrogens with one attached hydrogen (secondary N) is 1. The summed E-state index contributed by atoms with van der Waals surface area (Å²) in [5.41, 5.74) is 1.04. The van der Waals surface area contributed by atoms with Gasteiger partial charge in [-0.2, -0.15) is 5.26 Å². The third-order valence-corrected chi connectivity index (χ3v) is 4.22. The highest BCUT2D eigenvalue weighted by atomic mass is 16.6. The first-order valence-corrected chi connectivity index (χ1v) is 9.13. The maximum atomic E-state index is 12.4. The third-order valence-electron chi connectivity index (χ3n) is 4.22. The second-order valence-electron chi connectivity index (χ2n) is 6.43. The van der Waals surface area contributed by atoms with Crippen LogP contribution in [0.4, 0.5) is 11.4 Å². The molecular weight excluding hydrogens is 398 g/mol. The van der Waals surface area contributed by atoms with Crippen molar-refractivity contribution in [1.82, 2.24) is 0 Å². The van der Waals surface area contributed by atoms with Gasteiger partial charge in [0.25, 0.3) is 5.91 Å². The topological polar surface area (TPSA) is 125 Å². The fraction of sp³-hybridized carbons (Fsp3) is 0.0435. The van der Waals surface area contributed by atoms with Crippen molar-refractivity contribution in [3.05, 3.63) is 99.6 Å². The number of amides is 1. The van der Waals surface area contributed by atoms with Crippen molar-refractivity contribution in [1.29, 1.82) is 5.26 Å². The lowest BCUT2D eigenvalue weighted by atomic mass is 10.1. The van der Waals surface area contributed by atoms with E-state index >= 15 is 0 Å². The number of carbonyl (C=O) groups is 1. The second-order valence-corrected chi connectivity index (χ2v) is 6.43. The number of nitriles is 1. The summed E-state index contributed by atoms with van der Waals surface area (Å²) < 4.78 is 5.58. The lowest BCUT2D eigenvalue weighted by Crippen LogP contribution is -2.13. The third kappa shape index (κ3) is 5.68. The quantitative estimate of drug-likeness (QED) is 0.193. The number of hydrogen-bond acceptors (Lipinski definition) is 6. The van der Waals surface area contributed by atoms with Crippen LogP contribution in [0.3, 0.4) is 0 Å². The Labute approximate surface area is 177 Å². The minimum Gasteiger partial charge on any atom is -0.508 e. The van der Waals surface area contributed by atoms with Crippen LogP contribution in [0.1, 0.15) is 11.1 Å². The van der Waals surface area contributed by atoms with Crippen LogP contribution in [-0.2, 0) is 11.4 Å². The van der Waals surface area contributed by atoms with Gasteiger partial charge in [0.2, 0.25) is 0 Å². The van der Waals surface area contributed by atoms with Crippen LogP contribution >= 0.6 is 0 Å². The molecular formula is C23H17N3O5. The molecule has 3 aromatic carbocycles. The van der Waals surface area contributed by atoms with E-state index in [1.165, 1.54) is 48.5 Å². The Kier molecular flexibility index (Phi) is 6.60. The number of ether oxygens (including phenoxy) is 1. The van der Waals surface area contributed by atoms with E-state index in [0.29, 0.717) is 11.3 Å². The van der Waals surface area contributed by atoms with Crippen molar-refractivity contribution < 1.29 is 19.6 Å². The van der Waals surface area contributed by atoms with Crippen LogP contribution in [0.25, 0.3) is 6.08 Å². The fourth-order valence-corrected chi connectivity index (χ4v) is 2.68. The molecule has 0 saturated carbocycles. The molecule has 0 aromatic heterocycles. The SMILES string of the molecule is N#CC(=Cc1ccc(OCc2ccccc2)c([N+](=O)[O-])c1)C(=O)Nc1ccc(O)cc1. The number of aromatic hydroxyl groups is 1. The van der Waals surface area contributed by atoms with E-state index in [0.717, 1.165) is 5.56 Å². The number of nitro benzene ring substituents is 1. The minimum absolute atomic E-state index is 0.0379. The Morgan fingerprint density at radius 3 is 2.48 bits per heavy atom. The molecule has 0 aliphatic rings. The first-order chi connectivity index (χ1) is 15.0. The van der Waals surface area contributed by atoms with Gasteiger partial charge in [-0.25, -0.2) is 0 Å². The molecule has 0 atom stereocenters. The Bertz CT molecular complexity index is 1170. The van der Waals surface area contributed by atoms with Crippen molar-refractivity contribution in [2.75, 3.05) is 5.32 Å². The predicted molar refractivity (Wildman–Crippen MR) is 114 cm³/mol. The Morgan fingerprint density at radius 1 is 1.13 bits per heavy atom. The van der Waals surface area contributed by atoms with Crippen LogP contribution in [-0.4, -0.2) is 15.9 Å². The molecule has 2 N–H and O–H groups in total.